The molecule has 90 valence electrons. The van der Waals surface area contributed by atoms with Crippen molar-refractivity contribution in [3.8, 4) is 0 Å². The number of benzene rings is 1. The lowest BCUT2D eigenvalue weighted by Crippen LogP contribution is -2.21. The summed E-state index contributed by atoms with van der Waals surface area (Å²) in [6.07, 6.45) is -0.902. The molecule has 0 aliphatic carbocycles. The first-order chi connectivity index (χ1) is 7.47. The van der Waals surface area contributed by atoms with Crippen molar-refractivity contribution in [2.75, 3.05) is 17.7 Å². The molecule has 1 aromatic rings. The molecule has 1 rings (SSSR count). The fraction of sp³-hybridized carbons (Fsp3) is 0.333. The number of aliphatic hydroxyl groups is 1. The Bertz CT molecular complexity index is 392. The van der Waals surface area contributed by atoms with Gasteiger partial charge in [-0.05, 0) is 15.9 Å². The van der Waals surface area contributed by atoms with Crippen molar-refractivity contribution in [3.05, 3.63) is 28.0 Å². The zero-order valence-electron chi connectivity index (χ0n) is 7.91. The zero-order chi connectivity index (χ0) is 12.3. The van der Waals surface area contributed by atoms with Gasteiger partial charge in [0.2, 0.25) is 0 Å². The van der Waals surface area contributed by atoms with Crippen LogP contribution < -0.4 is 5.32 Å². The van der Waals surface area contributed by atoms with Crippen LogP contribution in [0.5, 0.6) is 0 Å². The van der Waals surface area contributed by atoms with Gasteiger partial charge < -0.3 is 10.4 Å². The molecule has 0 radical (unpaired) electrons. The van der Waals surface area contributed by atoms with Crippen molar-refractivity contribution in [1.82, 2.24) is 0 Å². The highest BCUT2D eigenvalue weighted by Crippen LogP contribution is 2.30. The van der Waals surface area contributed by atoms with Gasteiger partial charge in [0.05, 0.1) is 22.1 Å². The van der Waals surface area contributed by atoms with Crippen LogP contribution in [0.25, 0.3) is 0 Å². The number of rotatable bonds is 4. The minimum atomic E-state index is -1.28. The average molecular weight is 319 g/mol. The molecule has 1 unspecified atom stereocenters. The third kappa shape index (κ3) is 3.02. The Morgan fingerprint density at radius 1 is 1.38 bits per heavy atom. The quantitative estimate of drug-likeness (QED) is 0.508. The first-order valence-electron chi connectivity index (χ1n) is 4.28. The van der Waals surface area contributed by atoms with Crippen LogP contribution in [0, 0.1) is 17.5 Å². The lowest BCUT2D eigenvalue weighted by molar-refractivity contribution is 0.211. The summed E-state index contributed by atoms with van der Waals surface area (Å²) in [6.45, 7) is -0.0654. The highest BCUT2D eigenvalue weighted by molar-refractivity contribution is 9.10. The first-order valence-corrected chi connectivity index (χ1v) is 5.61. The first kappa shape index (κ1) is 13.6. The molecule has 0 saturated carbocycles. The summed E-state index contributed by atoms with van der Waals surface area (Å²) < 4.78 is 38.7. The van der Waals surface area contributed by atoms with Crippen LogP contribution in [0.3, 0.4) is 0 Å². The summed E-state index contributed by atoms with van der Waals surface area (Å²) in [5.74, 6) is -3.47. The number of alkyl halides is 1. The summed E-state index contributed by atoms with van der Waals surface area (Å²) in [4.78, 5) is 0. The van der Waals surface area contributed by atoms with E-state index in [4.69, 9.17) is 16.7 Å². The van der Waals surface area contributed by atoms with E-state index in [1.54, 1.807) is 0 Å². The maximum atomic E-state index is 13.2. The van der Waals surface area contributed by atoms with E-state index >= 15 is 0 Å². The molecule has 1 aromatic carbocycles. The normalized spacial score (nSPS) is 12.6. The maximum Gasteiger partial charge on any atom is 0.175 e. The van der Waals surface area contributed by atoms with Crippen LogP contribution in [0.15, 0.2) is 10.5 Å². The number of anilines is 1. The highest BCUT2D eigenvalue weighted by Gasteiger charge is 2.17. The van der Waals surface area contributed by atoms with Crippen molar-refractivity contribution in [3.63, 3.8) is 0 Å². The van der Waals surface area contributed by atoms with Crippen molar-refractivity contribution in [1.29, 1.82) is 0 Å². The summed E-state index contributed by atoms with van der Waals surface area (Å²) in [5, 5.41) is 11.6. The van der Waals surface area contributed by atoms with Gasteiger partial charge in [-0.3, -0.25) is 0 Å². The predicted molar refractivity (Wildman–Crippen MR) is 59.2 cm³/mol. The Morgan fingerprint density at radius 2 is 2.00 bits per heavy atom. The monoisotopic (exact) mass is 317 g/mol. The van der Waals surface area contributed by atoms with Crippen LogP contribution in [0.4, 0.5) is 18.9 Å². The van der Waals surface area contributed by atoms with Crippen molar-refractivity contribution in [2.24, 2.45) is 0 Å². The largest absolute Gasteiger partial charge is 0.390 e. The molecule has 7 heteroatoms. The molecule has 0 aliphatic heterocycles. The second-order valence-electron chi connectivity index (χ2n) is 3.03. The molecule has 0 heterocycles. The van der Waals surface area contributed by atoms with Gasteiger partial charge in [0, 0.05) is 12.6 Å². The molecule has 0 spiro atoms. The summed E-state index contributed by atoms with van der Waals surface area (Å²) in [5.41, 5.74) is -0.247. The molecule has 1 atom stereocenters. The molecule has 2 N–H and O–H groups in total. The molecule has 0 fully saturated rings. The third-order valence-corrected chi connectivity index (χ3v) is 2.91. The van der Waals surface area contributed by atoms with Crippen LogP contribution >= 0.6 is 27.5 Å². The van der Waals surface area contributed by atoms with Gasteiger partial charge >= 0.3 is 0 Å². The van der Waals surface area contributed by atoms with Gasteiger partial charge in [0.1, 0.15) is 0 Å². The highest BCUT2D eigenvalue weighted by atomic mass is 79.9. The van der Waals surface area contributed by atoms with Crippen LogP contribution in [-0.4, -0.2) is 23.6 Å². The second-order valence-corrected chi connectivity index (χ2v) is 4.13. The van der Waals surface area contributed by atoms with E-state index in [9.17, 15) is 13.2 Å². The molecule has 0 aliphatic rings. The van der Waals surface area contributed by atoms with Gasteiger partial charge in [-0.2, -0.15) is 0 Å². The third-order valence-electron chi connectivity index (χ3n) is 1.81. The standard InChI is InChI=1S/C9H8BrClF3NO/c10-7-8(14)5(12)1-6(13)9(7)15-3-4(16)2-11/h1,4,15-16H,2-3H2. The van der Waals surface area contributed by atoms with E-state index in [2.05, 4.69) is 21.2 Å². The fourth-order valence-corrected chi connectivity index (χ4v) is 1.63. The number of halogens is 5. The van der Waals surface area contributed by atoms with Gasteiger partial charge in [-0.1, -0.05) is 0 Å². The van der Waals surface area contributed by atoms with Crippen LogP contribution in [0.2, 0.25) is 0 Å². The van der Waals surface area contributed by atoms with Gasteiger partial charge in [-0.15, -0.1) is 11.6 Å². The van der Waals surface area contributed by atoms with Crippen LogP contribution in [0.1, 0.15) is 0 Å². The predicted octanol–water partition coefficient (Wildman–Crippen LogP) is 2.88. The summed E-state index contributed by atoms with van der Waals surface area (Å²) in [6, 6.07) is 0.426. The van der Waals surface area contributed by atoms with Crippen molar-refractivity contribution < 1.29 is 18.3 Å². The smallest absolute Gasteiger partial charge is 0.175 e. The van der Waals surface area contributed by atoms with E-state index in [0.717, 1.165) is 0 Å². The van der Waals surface area contributed by atoms with Gasteiger partial charge in [0.15, 0.2) is 17.5 Å². The Balaban J connectivity index is 2.92. The Labute approximate surface area is 104 Å². The maximum absolute atomic E-state index is 13.2. The second kappa shape index (κ2) is 5.75. The SMILES string of the molecule is OC(CCl)CNc1c(F)cc(F)c(F)c1Br. The molecule has 0 saturated heterocycles. The molecular weight excluding hydrogens is 310 g/mol. The number of nitrogens with one attached hydrogen (secondary N) is 1. The van der Waals surface area contributed by atoms with Gasteiger partial charge in [0.25, 0.3) is 0 Å². The average Bonchev–Trinajstić information content (AvgIpc) is 2.25. The van der Waals surface area contributed by atoms with Gasteiger partial charge in [-0.25, -0.2) is 13.2 Å². The number of aliphatic hydroxyl groups excluding tert-OH is 1. The Hall–Kier alpha value is -0.460. The zero-order valence-corrected chi connectivity index (χ0v) is 10.2. The van der Waals surface area contributed by atoms with E-state index in [1.807, 2.05) is 0 Å². The van der Waals surface area contributed by atoms with E-state index < -0.39 is 23.6 Å². The number of hydrogen-bond donors (Lipinski definition) is 2. The van der Waals surface area contributed by atoms with E-state index in [-0.39, 0.29) is 22.6 Å². The van der Waals surface area contributed by atoms with Crippen molar-refractivity contribution in [2.45, 2.75) is 6.10 Å². The summed E-state index contributed by atoms with van der Waals surface area (Å²) >= 11 is 8.05. The molecule has 0 bridgehead atoms. The van der Waals surface area contributed by atoms with E-state index in [0.29, 0.717) is 6.07 Å². The fourth-order valence-electron chi connectivity index (χ4n) is 1.00. The molecule has 0 aromatic heterocycles. The summed E-state index contributed by atoms with van der Waals surface area (Å²) in [7, 11) is 0. The Kier molecular flexibility index (Phi) is 4.89. The topological polar surface area (TPSA) is 32.3 Å². The minimum Gasteiger partial charge on any atom is -0.390 e. The number of hydrogen-bond acceptors (Lipinski definition) is 2. The lowest BCUT2D eigenvalue weighted by atomic mass is 10.2. The molecule has 2 nitrogen and oxygen atoms in total. The Morgan fingerprint density at radius 3 is 2.56 bits per heavy atom. The lowest BCUT2D eigenvalue weighted by Gasteiger charge is -2.13. The molecular formula is C9H8BrClF3NO. The molecule has 16 heavy (non-hydrogen) atoms. The van der Waals surface area contributed by atoms with E-state index in [1.165, 1.54) is 0 Å². The van der Waals surface area contributed by atoms with Crippen molar-refractivity contribution >= 4 is 33.2 Å². The van der Waals surface area contributed by atoms with Crippen LogP contribution in [-0.2, 0) is 0 Å². The minimum absolute atomic E-state index is 0.0457. The molecule has 0 amide bonds.